The van der Waals surface area contributed by atoms with Crippen LogP contribution in [0.15, 0.2) is 18.2 Å². The first kappa shape index (κ1) is 14.0. The summed E-state index contributed by atoms with van der Waals surface area (Å²) in [6.07, 6.45) is 4.85. The molecule has 1 saturated heterocycles. The summed E-state index contributed by atoms with van der Waals surface area (Å²) in [6, 6.07) is 6.13. The van der Waals surface area contributed by atoms with Gasteiger partial charge in [0, 0.05) is 31.3 Å². The number of hydrogen-bond donors (Lipinski definition) is 2. The Morgan fingerprint density at radius 3 is 2.55 bits per heavy atom. The molecule has 3 nitrogen and oxygen atoms in total. The van der Waals surface area contributed by atoms with Gasteiger partial charge in [0.15, 0.2) is 0 Å². The van der Waals surface area contributed by atoms with Crippen LogP contribution in [0.5, 0.6) is 0 Å². The first-order chi connectivity index (χ1) is 9.76. The van der Waals surface area contributed by atoms with Crippen LogP contribution in [0.4, 0.5) is 11.4 Å². The molecule has 0 bridgehead atoms. The number of rotatable bonds is 5. The van der Waals surface area contributed by atoms with Crippen LogP contribution in [0.1, 0.15) is 25.7 Å². The van der Waals surface area contributed by atoms with E-state index < -0.39 is 0 Å². The molecule has 1 saturated carbocycles. The van der Waals surface area contributed by atoms with Crippen molar-refractivity contribution in [1.82, 2.24) is 0 Å². The quantitative estimate of drug-likeness (QED) is 0.874. The molecule has 0 atom stereocenters. The number of halogens is 1. The number of benzene rings is 1. The Balaban J connectivity index is 1.70. The maximum absolute atomic E-state index is 9.24. The van der Waals surface area contributed by atoms with E-state index in [1.165, 1.54) is 18.5 Å². The second kappa shape index (κ2) is 6.23. The van der Waals surface area contributed by atoms with E-state index in [0.29, 0.717) is 12.5 Å². The lowest BCUT2D eigenvalue weighted by atomic mass is 9.97. The van der Waals surface area contributed by atoms with Crippen molar-refractivity contribution in [1.29, 1.82) is 0 Å². The molecule has 2 aliphatic rings. The number of aliphatic hydroxyl groups excluding tert-OH is 1. The first-order valence-electron chi connectivity index (χ1n) is 7.65. The zero-order chi connectivity index (χ0) is 13.9. The number of anilines is 2. The predicted octanol–water partition coefficient (Wildman–Crippen LogP) is 3.37. The Bertz CT molecular complexity index is 454. The highest BCUT2D eigenvalue weighted by molar-refractivity contribution is 6.31. The van der Waals surface area contributed by atoms with E-state index in [1.54, 1.807) is 0 Å². The molecule has 110 valence electrons. The summed E-state index contributed by atoms with van der Waals surface area (Å²) in [5, 5.41) is 13.6. The third kappa shape index (κ3) is 3.39. The van der Waals surface area contributed by atoms with Crippen LogP contribution in [0, 0.1) is 11.8 Å². The summed E-state index contributed by atoms with van der Waals surface area (Å²) in [7, 11) is 0. The Kier molecular flexibility index (Phi) is 4.37. The molecular formula is C16H23ClN2O. The fraction of sp³-hybridized carbons (Fsp3) is 0.625. The molecule has 2 N–H and O–H groups in total. The van der Waals surface area contributed by atoms with Gasteiger partial charge in [0.2, 0.25) is 0 Å². The second-order valence-electron chi connectivity index (χ2n) is 6.10. The maximum Gasteiger partial charge on any atom is 0.0603 e. The van der Waals surface area contributed by atoms with E-state index in [1.807, 2.05) is 12.1 Å². The predicted molar refractivity (Wildman–Crippen MR) is 84.7 cm³/mol. The molecule has 1 aromatic rings. The average Bonchev–Trinajstić information content (AvgIpc) is 3.30. The second-order valence-corrected chi connectivity index (χ2v) is 6.54. The summed E-state index contributed by atoms with van der Waals surface area (Å²) >= 11 is 6.14. The molecule has 0 spiro atoms. The van der Waals surface area contributed by atoms with E-state index in [2.05, 4.69) is 16.3 Å². The minimum Gasteiger partial charge on any atom is -0.396 e. The Morgan fingerprint density at radius 1 is 1.15 bits per heavy atom. The summed E-state index contributed by atoms with van der Waals surface area (Å²) in [6.45, 7) is 3.41. The Morgan fingerprint density at radius 2 is 1.90 bits per heavy atom. The van der Waals surface area contributed by atoms with Crippen LogP contribution in [0.2, 0.25) is 5.02 Å². The van der Waals surface area contributed by atoms with Crippen LogP contribution in [-0.2, 0) is 0 Å². The van der Waals surface area contributed by atoms with Gasteiger partial charge in [0.25, 0.3) is 0 Å². The smallest absolute Gasteiger partial charge is 0.0603 e. The van der Waals surface area contributed by atoms with Gasteiger partial charge in [-0.05, 0) is 55.7 Å². The van der Waals surface area contributed by atoms with Crippen molar-refractivity contribution >= 4 is 23.0 Å². The number of piperidine rings is 1. The molecule has 3 rings (SSSR count). The SMILES string of the molecule is OCC1CCN(c2ccc(Cl)cc2NCC2CC2)CC1. The molecule has 4 heteroatoms. The fourth-order valence-corrected chi connectivity index (χ4v) is 3.03. The van der Waals surface area contributed by atoms with Crippen LogP contribution in [-0.4, -0.2) is 31.3 Å². The summed E-state index contributed by atoms with van der Waals surface area (Å²) in [4.78, 5) is 2.41. The molecule has 0 amide bonds. The zero-order valence-corrected chi connectivity index (χ0v) is 12.6. The Labute approximate surface area is 125 Å². The van der Waals surface area contributed by atoms with E-state index in [9.17, 15) is 5.11 Å². The normalized spacial score (nSPS) is 20.2. The van der Waals surface area contributed by atoms with Gasteiger partial charge in [0.05, 0.1) is 11.4 Å². The molecule has 0 aromatic heterocycles. The highest BCUT2D eigenvalue weighted by Gasteiger charge is 2.23. The number of aliphatic hydroxyl groups is 1. The minimum absolute atomic E-state index is 0.321. The van der Waals surface area contributed by atoms with Gasteiger partial charge in [-0.1, -0.05) is 11.6 Å². The fourth-order valence-electron chi connectivity index (χ4n) is 2.86. The third-order valence-electron chi connectivity index (χ3n) is 4.45. The van der Waals surface area contributed by atoms with Gasteiger partial charge in [0.1, 0.15) is 0 Å². The van der Waals surface area contributed by atoms with Gasteiger partial charge in [-0.2, -0.15) is 0 Å². The van der Waals surface area contributed by atoms with Crippen molar-refractivity contribution in [3.05, 3.63) is 23.2 Å². The maximum atomic E-state index is 9.24. The molecule has 2 fully saturated rings. The van der Waals surface area contributed by atoms with Gasteiger partial charge < -0.3 is 15.3 Å². The third-order valence-corrected chi connectivity index (χ3v) is 4.69. The van der Waals surface area contributed by atoms with Crippen molar-refractivity contribution in [2.45, 2.75) is 25.7 Å². The van der Waals surface area contributed by atoms with Crippen LogP contribution < -0.4 is 10.2 Å². The van der Waals surface area contributed by atoms with Gasteiger partial charge in [-0.3, -0.25) is 0 Å². The summed E-state index contributed by atoms with van der Waals surface area (Å²) in [5.74, 6) is 1.32. The van der Waals surface area contributed by atoms with E-state index in [-0.39, 0.29) is 0 Å². The first-order valence-corrected chi connectivity index (χ1v) is 8.03. The minimum atomic E-state index is 0.321. The van der Waals surface area contributed by atoms with E-state index in [4.69, 9.17) is 11.6 Å². The van der Waals surface area contributed by atoms with Gasteiger partial charge >= 0.3 is 0 Å². The van der Waals surface area contributed by atoms with Gasteiger partial charge in [-0.25, -0.2) is 0 Å². The Hall–Kier alpha value is -0.930. The molecule has 20 heavy (non-hydrogen) atoms. The lowest BCUT2D eigenvalue weighted by molar-refractivity contribution is 0.203. The van der Waals surface area contributed by atoms with Crippen molar-refractivity contribution < 1.29 is 5.11 Å². The summed E-state index contributed by atoms with van der Waals surface area (Å²) in [5.41, 5.74) is 2.42. The van der Waals surface area contributed by atoms with Gasteiger partial charge in [-0.15, -0.1) is 0 Å². The zero-order valence-electron chi connectivity index (χ0n) is 11.8. The molecular weight excluding hydrogens is 272 g/mol. The van der Waals surface area contributed by atoms with Crippen LogP contribution >= 0.6 is 11.6 Å². The largest absolute Gasteiger partial charge is 0.396 e. The molecule has 1 aliphatic carbocycles. The van der Waals surface area contributed by atoms with Crippen molar-refractivity contribution in [2.75, 3.05) is 36.5 Å². The highest BCUT2D eigenvalue weighted by Crippen LogP contribution is 2.34. The average molecular weight is 295 g/mol. The van der Waals surface area contributed by atoms with Crippen molar-refractivity contribution in [3.63, 3.8) is 0 Å². The lowest BCUT2D eigenvalue weighted by Crippen LogP contribution is -2.35. The number of hydrogen-bond acceptors (Lipinski definition) is 3. The van der Waals surface area contributed by atoms with E-state index >= 15 is 0 Å². The molecule has 0 radical (unpaired) electrons. The monoisotopic (exact) mass is 294 g/mol. The summed E-state index contributed by atoms with van der Waals surface area (Å²) < 4.78 is 0. The van der Waals surface area contributed by atoms with Crippen molar-refractivity contribution in [3.8, 4) is 0 Å². The number of nitrogens with one attached hydrogen (secondary N) is 1. The number of nitrogens with zero attached hydrogens (tertiary/aromatic N) is 1. The molecule has 1 aliphatic heterocycles. The standard InChI is InChI=1S/C16H23ClN2O/c17-14-3-4-16(15(9-14)18-10-12-1-2-12)19-7-5-13(11-20)6-8-19/h3-4,9,12-13,18,20H,1-2,5-8,10-11H2. The van der Waals surface area contributed by atoms with E-state index in [0.717, 1.165) is 49.1 Å². The topological polar surface area (TPSA) is 35.5 Å². The van der Waals surface area contributed by atoms with Crippen LogP contribution in [0.25, 0.3) is 0 Å². The molecule has 0 unspecified atom stereocenters. The van der Waals surface area contributed by atoms with Crippen molar-refractivity contribution in [2.24, 2.45) is 11.8 Å². The highest BCUT2D eigenvalue weighted by atomic mass is 35.5. The molecule has 1 aromatic carbocycles. The lowest BCUT2D eigenvalue weighted by Gasteiger charge is -2.34. The molecule has 1 heterocycles. The van der Waals surface area contributed by atoms with Crippen LogP contribution in [0.3, 0.4) is 0 Å².